The highest BCUT2D eigenvalue weighted by molar-refractivity contribution is 6.10. The number of fused-ring (bicyclic) bond motifs is 2. The van der Waals surface area contributed by atoms with Crippen molar-refractivity contribution in [1.82, 2.24) is 9.88 Å². The third kappa shape index (κ3) is 5.59. The van der Waals surface area contributed by atoms with Crippen LogP contribution in [0.2, 0.25) is 0 Å². The maximum Gasteiger partial charge on any atom is 0.258 e. The first-order valence-corrected chi connectivity index (χ1v) is 14.2. The second-order valence-electron chi connectivity index (χ2n) is 10.3. The molecule has 5 aromatic rings. The Bertz CT molecular complexity index is 1760. The van der Waals surface area contributed by atoms with Crippen molar-refractivity contribution in [2.75, 3.05) is 0 Å². The highest BCUT2D eigenvalue weighted by atomic mass is 19.1. The Morgan fingerprint density at radius 3 is 2.40 bits per heavy atom. The van der Waals surface area contributed by atoms with E-state index in [1.165, 1.54) is 12.1 Å². The number of carbonyl (C=O) groups excluding carboxylic acids is 1. The molecule has 208 valence electrons. The maximum atomic E-state index is 14.2. The summed E-state index contributed by atoms with van der Waals surface area (Å²) < 4.78 is 20.4. The Morgan fingerprint density at radius 1 is 0.929 bits per heavy atom. The maximum absolute atomic E-state index is 14.2. The van der Waals surface area contributed by atoms with E-state index < -0.39 is 6.10 Å². The number of ether oxygens (including phenoxy) is 1. The Hall–Kier alpha value is -5.03. The average molecular weight is 555 g/mol. The van der Waals surface area contributed by atoms with E-state index in [9.17, 15) is 9.18 Å². The number of hydrogen-bond acceptors (Lipinski definition) is 3. The molecular weight excluding hydrogens is 523 g/mol. The van der Waals surface area contributed by atoms with E-state index in [1.54, 1.807) is 23.2 Å². The zero-order valence-electron chi connectivity index (χ0n) is 23.4. The van der Waals surface area contributed by atoms with Crippen LogP contribution in [-0.4, -0.2) is 15.8 Å². The summed E-state index contributed by atoms with van der Waals surface area (Å²) in [5, 5.41) is 0.918. The van der Waals surface area contributed by atoms with Gasteiger partial charge in [0.15, 0.2) is 5.75 Å². The normalized spacial score (nSPS) is 13.8. The van der Waals surface area contributed by atoms with Crippen LogP contribution in [-0.2, 0) is 13.1 Å². The number of carbonyl (C=O) groups is 1. The zero-order chi connectivity index (χ0) is 28.9. The molecule has 0 fully saturated rings. The van der Waals surface area contributed by atoms with Gasteiger partial charge in [0.25, 0.3) is 5.91 Å². The third-order valence-electron chi connectivity index (χ3n) is 7.47. The lowest BCUT2D eigenvalue weighted by atomic mass is 9.95. The number of halogens is 1. The number of nitrogens with zero attached hydrogens (tertiary/aromatic N) is 2. The second-order valence-corrected chi connectivity index (χ2v) is 10.3. The van der Waals surface area contributed by atoms with Crippen molar-refractivity contribution in [3.05, 3.63) is 155 Å². The fraction of sp³-hybridized carbons (Fsp3) is 0.135. The van der Waals surface area contributed by atoms with Gasteiger partial charge in [0.05, 0.1) is 5.56 Å². The van der Waals surface area contributed by atoms with Gasteiger partial charge in [-0.05, 0) is 58.5 Å². The first kappa shape index (κ1) is 27.2. The number of hydrogen-bond donors (Lipinski definition) is 0. The topological polar surface area (TPSA) is 42.4 Å². The van der Waals surface area contributed by atoms with Crippen LogP contribution < -0.4 is 4.74 Å². The van der Waals surface area contributed by atoms with Crippen molar-refractivity contribution in [2.24, 2.45) is 0 Å². The van der Waals surface area contributed by atoms with Gasteiger partial charge in [-0.1, -0.05) is 104 Å². The predicted molar refractivity (Wildman–Crippen MR) is 166 cm³/mol. The van der Waals surface area contributed by atoms with Crippen molar-refractivity contribution < 1.29 is 13.9 Å². The van der Waals surface area contributed by atoms with Gasteiger partial charge in [0.1, 0.15) is 17.4 Å². The fourth-order valence-electron chi connectivity index (χ4n) is 5.40. The Balaban J connectivity index is 1.51. The standard InChI is InChI=1S/C37H31FN2O2/c1-2-3-16-33(28-13-8-5-9-14-28)42-36-34-32(25-40(37(34)41)24-27-17-20-29(38)21-18-27)30(31-15-10-23-39-35(31)36)22-19-26-11-6-4-7-12-26/h3-23,33H,2,24-25H2,1H3/b16-3+,22-19+. The van der Waals surface area contributed by atoms with E-state index in [1.807, 2.05) is 78.9 Å². The summed E-state index contributed by atoms with van der Waals surface area (Å²) in [5.74, 6) is 0.0550. The second kappa shape index (κ2) is 12.2. The zero-order valence-corrected chi connectivity index (χ0v) is 23.4. The number of benzene rings is 4. The SMILES string of the molecule is CC/C=C/C(Oc1c2c(c(/C=C/c3ccccc3)c3cccnc13)CN(Cc1ccc(F)cc1)C2=O)c1ccccc1. The van der Waals surface area contributed by atoms with Gasteiger partial charge in [-0.15, -0.1) is 0 Å². The lowest BCUT2D eigenvalue weighted by Crippen LogP contribution is -2.23. The molecule has 1 atom stereocenters. The van der Waals surface area contributed by atoms with Crippen molar-refractivity contribution in [1.29, 1.82) is 0 Å². The molecular formula is C37H31FN2O2. The van der Waals surface area contributed by atoms with Crippen molar-refractivity contribution in [2.45, 2.75) is 32.5 Å². The molecule has 42 heavy (non-hydrogen) atoms. The summed E-state index contributed by atoms with van der Waals surface area (Å²) in [6.45, 7) is 2.84. The first-order chi connectivity index (χ1) is 20.6. The fourth-order valence-corrected chi connectivity index (χ4v) is 5.40. The van der Waals surface area contributed by atoms with Gasteiger partial charge in [-0.25, -0.2) is 4.39 Å². The number of pyridine rings is 1. The van der Waals surface area contributed by atoms with Crippen LogP contribution in [0.1, 0.15) is 57.6 Å². The molecule has 0 saturated heterocycles. The molecule has 0 spiro atoms. The number of allylic oxidation sites excluding steroid dienone is 1. The van der Waals surface area contributed by atoms with Crippen molar-refractivity contribution in [3.8, 4) is 5.75 Å². The molecule has 6 rings (SSSR count). The van der Waals surface area contributed by atoms with Crippen LogP contribution in [0.4, 0.5) is 4.39 Å². The lowest BCUT2D eigenvalue weighted by Gasteiger charge is -2.21. The molecule has 0 radical (unpaired) electrons. The summed E-state index contributed by atoms with van der Waals surface area (Å²) in [4.78, 5) is 20.7. The average Bonchev–Trinajstić information content (AvgIpc) is 3.35. The minimum atomic E-state index is -0.398. The van der Waals surface area contributed by atoms with Crippen LogP contribution in [0.25, 0.3) is 23.1 Å². The largest absolute Gasteiger partial charge is 0.478 e. The van der Waals surface area contributed by atoms with E-state index >= 15 is 0 Å². The number of aromatic nitrogens is 1. The smallest absolute Gasteiger partial charge is 0.258 e. The lowest BCUT2D eigenvalue weighted by molar-refractivity contribution is 0.0762. The van der Waals surface area contributed by atoms with Gasteiger partial charge in [-0.2, -0.15) is 0 Å². The first-order valence-electron chi connectivity index (χ1n) is 14.2. The molecule has 1 aliphatic heterocycles. The monoisotopic (exact) mass is 554 g/mol. The molecule has 4 aromatic carbocycles. The summed E-state index contributed by atoms with van der Waals surface area (Å²) in [6, 6.07) is 30.3. The van der Waals surface area contributed by atoms with Gasteiger partial charge in [0, 0.05) is 24.7 Å². The van der Waals surface area contributed by atoms with E-state index in [0.717, 1.165) is 39.6 Å². The highest BCUT2D eigenvalue weighted by Gasteiger charge is 2.36. The summed E-state index contributed by atoms with van der Waals surface area (Å²) >= 11 is 0. The molecule has 5 heteroatoms. The van der Waals surface area contributed by atoms with Gasteiger partial charge in [-0.3, -0.25) is 9.78 Å². The Morgan fingerprint density at radius 2 is 1.67 bits per heavy atom. The summed E-state index contributed by atoms with van der Waals surface area (Å²) in [5.41, 5.74) is 5.92. The van der Waals surface area contributed by atoms with Crippen LogP contribution in [0, 0.1) is 5.82 Å². The quantitative estimate of drug-likeness (QED) is 0.135. The molecule has 4 nitrogen and oxygen atoms in total. The molecule has 2 heterocycles. The van der Waals surface area contributed by atoms with Crippen LogP contribution in [0.15, 0.2) is 115 Å². The number of rotatable bonds is 9. The van der Waals surface area contributed by atoms with Crippen molar-refractivity contribution >= 4 is 29.0 Å². The molecule has 0 N–H and O–H groups in total. The van der Waals surface area contributed by atoms with E-state index in [-0.39, 0.29) is 11.7 Å². The van der Waals surface area contributed by atoms with Crippen LogP contribution in [0.5, 0.6) is 5.75 Å². The predicted octanol–water partition coefficient (Wildman–Crippen LogP) is 8.79. The highest BCUT2D eigenvalue weighted by Crippen LogP contribution is 2.43. The van der Waals surface area contributed by atoms with Gasteiger partial charge >= 0.3 is 0 Å². The number of amides is 1. The molecule has 1 aliphatic rings. The third-order valence-corrected chi connectivity index (χ3v) is 7.47. The van der Waals surface area contributed by atoms with Crippen LogP contribution >= 0.6 is 0 Å². The molecule has 0 saturated carbocycles. The Kier molecular flexibility index (Phi) is 7.91. The molecule has 1 amide bonds. The molecule has 0 aliphatic carbocycles. The van der Waals surface area contributed by atoms with Gasteiger partial charge in [0.2, 0.25) is 0 Å². The van der Waals surface area contributed by atoms with E-state index in [4.69, 9.17) is 9.72 Å². The van der Waals surface area contributed by atoms with Crippen molar-refractivity contribution in [3.63, 3.8) is 0 Å². The van der Waals surface area contributed by atoms with Gasteiger partial charge < -0.3 is 9.64 Å². The summed E-state index contributed by atoms with van der Waals surface area (Å²) in [7, 11) is 0. The molecule has 0 bridgehead atoms. The minimum absolute atomic E-state index is 0.127. The molecule has 1 aromatic heterocycles. The minimum Gasteiger partial charge on any atom is -0.478 e. The van der Waals surface area contributed by atoms with Crippen LogP contribution in [0.3, 0.4) is 0 Å². The Labute approximate surface area is 245 Å². The van der Waals surface area contributed by atoms with E-state index in [2.05, 4.69) is 25.2 Å². The summed E-state index contributed by atoms with van der Waals surface area (Å²) in [6.07, 6.45) is 10.4. The molecule has 1 unspecified atom stereocenters. The van der Waals surface area contributed by atoms with E-state index in [0.29, 0.717) is 29.9 Å².